The Morgan fingerprint density at radius 2 is 1.74 bits per heavy atom. The van der Waals surface area contributed by atoms with E-state index in [0.29, 0.717) is 26.2 Å². The summed E-state index contributed by atoms with van der Waals surface area (Å²) in [5.41, 5.74) is 5.50. The van der Waals surface area contributed by atoms with Crippen LogP contribution in [0.3, 0.4) is 0 Å². The van der Waals surface area contributed by atoms with E-state index in [0.717, 1.165) is 0 Å². The van der Waals surface area contributed by atoms with Crippen molar-refractivity contribution in [3.05, 3.63) is 5.69 Å². The van der Waals surface area contributed by atoms with Crippen LogP contribution in [0.1, 0.15) is 10.5 Å². The Kier molecular flexibility index (Phi) is 3.54. The number of nitrogen functional groups attached to an aromatic ring is 1. The molecule has 9 nitrogen and oxygen atoms in total. The first kappa shape index (κ1) is 13.1. The Hall–Kier alpha value is -2.32. The molecule has 0 saturated carbocycles. The smallest absolute Gasteiger partial charge is 0.319 e. The minimum Gasteiger partial charge on any atom is -0.379 e. The number of piperazine rings is 1. The molecule has 1 fully saturated rings. The maximum atomic E-state index is 12.1. The minimum atomic E-state index is -0.323. The molecule has 9 heteroatoms. The van der Waals surface area contributed by atoms with Gasteiger partial charge in [-0.1, -0.05) is 0 Å². The fourth-order valence-electron chi connectivity index (χ4n) is 1.88. The molecule has 0 unspecified atom stereocenters. The van der Waals surface area contributed by atoms with Gasteiger partial charge in [-0.15, -0.1) is 0 Å². The van der Waals surface area contributed by atoms with Crippen molar-refractivity contribution in [1.82, 2.24) is 25.0 Å². The molecule has 0 bridgehead atoms. The van der Waals surface area contributed by atoms with E-state index >= 15 is 0 Å². The van der Waals surface area contributed by atoms with Gasteiger partial charge in [0.15, 0.2) is 0 Å². The second-order valence-electron chi connectivity index (χ2n) is 4.45. The van der Waals surface area contributed by atoms with Crippen molar-refractivity contribution in [2.24, 2.45) is 0 Å². The lowest BCUT2D eigenvalue weighted by atomic mass is 10.3. The molecule has 0 spiro atoms. The quantitative estimate of drug-likeness (QED) is 0.706. The highest BCUT2D eigenvalue weighted by atomic mass is 16.6. The molecule has 2 N–H and O–H groups in total. The summed E-state index contributed by atoms with van der Waals surface area (Å²) in [5.74, 6) is -0.340. The number of amides is 3. The molecule has 2 heterocycles. The highest BCUT2D eigenvalue weighted by Gasteiger charge is 2.28. The van der Waals surface area contributed by atoms with E-state index in [1.807, 2.05) is 0 Å². The molecule has 1 aromatic rings. The lowest BCUT2D eigenvalue weighted by molar-refractivity contribution is 0.0640. The largest absolute Gasteiger partial charge is 0.379 e. The first-order chi connectivity index (χ1) is 9.00. The fourth-order valence-corrected chi connectivity index (χ4v) is 1.88. The third-order valence-electron chi connectivity index (χ3n) is 2.94. The first-order valence-electron chi connectivity index (χ1n) is 5.84. The van der Waals surface area contributed by atoms with Crippen LogP contribution in [0, 0.1) is 0 Å². The van der Waals surface area contributed by atoms with Gasteiger partial charge in [0.2, 0.25) is 11.5 Å². The molecule has 1 saturated heterocycles. The molecule has 1 aliphatic rings. The van der Waals surface area contributed by atoms with Gasteiger partial charge in [-0.25, -0.2) is 9.42 Å². The van der Waals surface area contributed by atoms with Crippen molar-refractivity contribution in [3.8, 4) is 0 Å². The van der Waals surface area contributed by atoms with Gasteiger partial charge in [0.1, 0.15) is 0 Å². The van der Waals surface area contributed by atoms with Gasteiger partial charge in [-0.05, 0) is 10.3 Å². The third-order valence-corrected chi connectivity index (χ3v) is 2.94. The molecule has 1 aliphatic heterocycles. The van der Waals surface area contributed by atoms with Crippen molar-refractivity contribution in [2.75, 3.05) is 46.0 Å². The van der Waals surface area contributed by atoms with E-state index in [2.05, 4.69) is 14.9 Å². The van der Waals surface area contributed by atoms with E-state index in [1.165, 1.54) is 4.90 Å². The van der Waals surface area contributed by atoms with Crippen molar-refractivity contribution in [1.29, 1.82) is 0 Å². The molecule has 3 amide bonds. The molecule has 19 heavy (non-hydrogen) atoms. The maximum absolute atomic E-state index is 12.1. The predicted octanol–water partition coefficient (Wildman–Crippen LogP) is -0.909. The number of carbonyl (C=O) groups excluding carboxylic acids is 2. The van der Waals surface area contributed by atoms with Gasteiger partial charge >= 0.3 is 6.03 Å². The Morgan fingerprint density at radius 1 is 1.16 bits per heavy atom. The van der Waals surface area contributed by atoms with Crippen molar-refractivity contribution in [3.63, 3.8) is 0 Å². The van der Waals surface area contributed by atoms with Crippen LogP contribution in [0.15, 0.2) is 4.63 Å². The molecular weight excluding hydrogens is 252 g/mol. The predicted molar refractivity (Wildman–Crippen MR) is 65.3 cm³/mol. The van der Waals surface area contributed by atoms with Crippen LogP contribution in [0.5, 0.6) is 0 Å². The summed E-state index contributed by atoms with van der Waals surface area (Å²) in [4.78, 5) is 28.6. The highest BCUT2D eigenvalue weighted by molar-refractivity contribution is 5.96. The monoisotopic (exact) mass is 268 g/mol. The second-order valence-corrected chi connectivity index (χ2v) is 4.45. The summed E-state index contributed by atoms with van der Waals surface area (Å²) in [5, 5.41) is 6.85. The summed E-state index contributed by atoms with van der Waals surface area (Å²) in [7, 11) is 3.39. The highest BCUT2D eigenvalue weighted by Crippen LogP contribution is 2.11. The number of rotatable bonds is 1. The Balaban J connectivity index is 1.95. The number of hydrogen-bond donors (Lipinski definition) is 1. The van der Waals surface area contributed by atoms with Gasteiger partial charge in [-0.2, -0.15) is 0 Å². The van der Waals surface area contributed by atoms with Crippen molar-refractivity contribution < 1.29 is 14.2 Å². The van der Waals surface area contributed by atoms with Crippen LogP contribution in [-0.4, -0.2) is 77.2 Å². The average Bonchev–Trinajstić information content (AvgIpc) is 2.83. The van der Waals surface area contributed by atoms with Crippen LogP contribution >= 0.6 is 0 Å². The topological polar surface area (TPSA) is 109 Å². The molecule has 104 valence electrons. The van der Waals surface area contributed by atoms with Crippen LogP contribution in [0.25, 0.3) is 0 Å². The van der Waals surface area contributed by atoms with Crippen LogP contribution in [-0.2, 0) is 0 Å². The molecule has 0 aromatic carbocycles. The van der Waals surface area contributed by atoms with Crippen LogP contribution in [0.4, 0.5) is 10.6 Å². The van der Waals surface area contributed by atoms with Crippen molar-refractivity contribution >= 4 is 17.8 Å². The number of nitrogens with zero attached hydrogens (tertiary/aromatic N) is 5. The number of hydrogen-bond acceptors (Lipinski definition) is 6. The zero-order chi connectivity index (χ0) is 14.0. The van der Waals surface area contributed by atoms with E-state index in [9.17, 15) is 9.59 Å². The number of urea groups is 1. The summed E-state index contributed by atoms with van der Waals surface area (Å²) in [6.45, 7) is 1.83. The number of carbonyl (C=O) groups is 2. The molecule has 0 radical (unpaired) electrons. The van der Waals surface area contributed by atoms with E-state index in [4.69, 9.17) is 5.73 Å². The summed E-state index contributed by atoms with van der Waals surface area (Å²) >= 11 is 0. The molecule has 0 aliphatic carbocycles. The van der Waals surface area contributed by atoms with Gasteiger partial charge < -0.3 is 20.4 Å². The summed E-state index contributed by atoms with van der Waals surface area (Å²) in [6.07, 6.45) is 0. The molecule has 0 atom stereocenters. The Labute approximate surface area is 109 Å². The summed E-state index contributed by atoms with van der Waals surface area (Å²) < 4.78 is 4.40. The molecule has 1 aromatic heterocycles. The van der Waals surface area contributed by atoms with E-state index < -0.39 is 0 Å². The van der Waals surface area contributed by atoms with E-state index in [1.54, 1.807) is 23.9 Å². The zero-order valence-corrected chi connectivity index (χ0v) is 10.9. The van der Waals surface area contributed by atoms with Crippen LogP contribution in [0.2, 0.25) is 0 Å². The van der Waals surface area contributed by atoms with Gasteiger partial charge in [-0.3, -0.25) is 4.79 Å². The first-order valence-corrected chi connectivity index (χ1v) is 5.84. The third kappa shape index (κ3) is 2.59. The average molecular weight is 268 g/mol. The number of nitrogens with two attached hydrogens (primary N) is 1. The Bertz CT molecular complexity index is 477. The maximum Gasteiger partial charge on any atom is 0.319 e. The molecular formula is C10H16N6O3. The van der Waals surface area contributed by atoms with Gasteiger partial charge in [0.25, 0.3) is 5.91 Å². The second kappa shape index (κ2) is 5.12. The van der Waals surface area contributed by atoms with E-state index in [-0.39, 0.29) is 23.5 Å². The lowest BCUT2D eigenvalue weighted by Gasteiger charge is -2.35. The van der Waals surface area contributed by atoms with Gasteiger partial charge in [0.05, 0.1) is 0 Å². The zero-order valence-electron chi connectivity index (χ0n) is 10.9. The lowest BCUT2D eigenvalue weighted by Crippen LogP contribution is -2.53. The number of anilines is 1. The molecule has 2 rings (SSSR count). The van der Waals surface area contributed by atoms with Crippen LogP contribution < -0.4 is 5.73 Å². The Morgan fingerprint density at radius 3 is 2.21 bits per heavy atom. The minimum absolute atomic E-state index is 0.0169. The normalized spacial score (nSPS) is 15.5. The fraction of sp³-hybridized carbons (Fsp3) is 0.600. The SMILES string of the molecule is CN(C)C(=O)N1CCN(C(=O)c2nonc2N)CC1. The summed E-state index contributed by atoms with van der Waals surface area (Å²) in [6, 6.07) is -0.0604. The van der Waals surface area contributed by atoms with Gasteiger partial charge in [0, 0.05) is 40.3 Å². The van der Waals surface area contributed by atoms with Crippen molar-refractivity contribution in [2.45, 2.75) is 0 Å². The standard InChI is InChI=1S/C10H16N6O3/c1-14(2)10(18)16-5-3-15(4-6-16)9(17)7-8(11)13-19-12-7/h3-6H2,1-2H3,(H2,11,13). The number of aromatic nitrogens is 2.